The van der Waals surface area contributed by atoms with Crippen molar-refractivity contribution in [2.45, 2.75) is 145 Å². The third-order valence-corrected chi connectivity index (χ3v) is 18.8. The molecule has 8 fully saturated rings. The van der Waals surface area contributed by atoms with Crippen LogP contribution in [0, 0.1) is 35.5 Å². The van der Waals surface area contributed by atoms with Gasteiger partial charge in [0.05, 0.1) is 21.8 Å². The van der Waals surface area contributed by atoms with Gasteiger partial charge in [0.2, 0.25) is 0 Å². The molecule has 0 spiro atoms. The molecule has 2 atom stereocenters. The molecule has 8 saturated carbocycles. The Morgan fingerprint density at radius 2 is 1.09 bits per heavy atom. The summed E-state index contributed by atoms with van der Waals surface area (Å²) in [6, 6.07) is 19.0. The summed E-state index contributed by atoms with van der Waals surface area (Å²) in [4.78, 5) is 0. The molecular formula is C41H58NOPS. The summed E-state index contributed by atoms with van der Waals surface area (Å²) < 4.78 is 17.4. The van der Waals surface area contributed by atoms with Gasteiger partial charge < -0.3 is 0 Å². The van der Waals surface area contributed by atoms with Crippen molar-refractivity contribution in [3.8, 4) is 0 Å². The predicted octanol–water partition coefficient (Wildman–Crippen LogP) is 10.2. The fraction of sp³-hybridized carbons (Fsp3) is 0.707. The Kier molecular flexibility index (Phi) is 7.64. The summed E-state index contributed by atoms with van der Waals surface area (Å²) >= 11 is 0. The SMILES string of the molecule is CC(C)(C)c1ccc([C@@H](N[S@](=O)C(C)(C)C)c2ccccc2P(C23CC4CC(CC(C4)C2)C3)C23CC4CC(CC(C4)C2)C3)cc1. The van der Waals surface area contributed by atoms with Crippen molar-refractivity contribution >= 4 is 24.2 Å². The molecule has 0 amide bonds. The summed E-state index contributed by atoms with van der Waals surface area (Å²) in [5.41, 5.74) is 4.17. The Morgan fingerprint density at radius 1 is 0.667 bits per heavy atom. The zero-order chi connectivity index (χ0) is 31.4. The predicted molar refractivity (Wildman–Crippen MR) is 193 cm³/mol. The first-order valence-corrected chi connectivity index (χ1v) is 21.0. The van der Waals surface area contributed by atoms with Gasteiger partial charge in [-0.2, -0.15) is 0 Å². The molecule has 1 N–H and O–H groups in total. The summed E-state index contributed by atoms with van der Waals surface area (Å²) in [6.07, 6.45) is 18.0. The molecule has 0 saturated heterocycles. The first-order chi connectivity index (χ1) is 21.3. The number of hydrogen-bond acceptors (Lipinski definition) is 1. The van der Waals surface area contributed by atoms with Crippen LogP contribution in [-0.4, -0.2) is 19.3 Å². The lowest BCUT2D eigenvalue weighted by atomic mass is 9.55. The molecule has 45 heavy (non-hydrogen) atoms. The van der Waals surface area contributed by atoms with Gasteiger partial charge in [0.1, 0.15) is 0 Å². The number of benzene rings is 2. The second kappa shape index (κ2) is 11.0. The molecule has 2 nitrogen and oxygen atoms in total. The van der Waals surface area contributed by atoms with E-state index in [2.05, 4.69) is 94.8 Å². The third kappa shape index (κ3) is 5.56. The summed E-state index contributed by atoms with van der Waals surface area (Å²) in [5, 5.41) is 2.71. The van der Waals surface area contributed by atoms with Gasteiger partial charge in [-0.15, -0.1) is 0 Å². The molecule has 2 aromatic rings. The lowest BCUT2D eigenvalue weighted by molar-refractivity contribution is 0.0195. The fourth-order valence-corrected chi connectivity index (χ4v) is 18.6. The van der Waals surface area contributed by atoms with Crippen molar-refractivity contribution in [1.82, 2.24) is 4.72 Å². The lowest BCUT2D eigenvalue weighted by Gasteiger charge is -2.67. The average Bonchev–Trinajstić information content (AvgIpc) is 2.94. The number of nitrogens with one attached hydrogen (secondary N) is 1. The van der Waals surface area contributed by atoms with Gasteiger partial charge in [0.15, 0.2) is 0 Å². The summed E-state index contributed by atoms with van der Waals surface area (Å²) in [5.74, 6) is 5.80. The Balaban J connectivity index is 1.29. The van der Waals surface area contributed by atoms with Crippen LogP contribution < -0.4 is 10.0 Å². The van der Waals surface area contributed by atoms with Crippen LogP contribution in [0.5, 0.6) is 0 Å². The van der Waals surface area contributed by atoms with Crippen molar-refractivity contribution < 1.29 is 4.21 Å². The highest BCUT2D eigenvalue weighted by Crippen LogP contribution is 2.78. The maximum absolute atomic E-state index is 14.0. The molecule has 0 radical (unpaired) electrons. The van der Waals surface area contributed by atoms with E-state index in [1.165, 1.54) is 93.7 Å². The minimum atomic E-state index is -1.18. The average molecular weight is 644 g/mol. The second-order valence-electron chi connectivity index (χ2n) is 19.0. The van der Waals surface area contributed by atoms with Crippen LogP contribution in [-0.2, 0) is 16.4 Å². The molecule has 8 aliphatic carbocycles. The van der Waals surface area contributed by atoms with Crippen LogP contribution in [0.15, 0.2) is 48.5 Å². The Morgan fingerprint density at radius 3 is 1.49 bits per heavy atom. The van der Waals surface area contributed by atoms with Gasteiger partial charge in [-0.1, -0.05) is 77.2 Å². The Hall–Kier alpha value is -1.02. The van der Waals surface area contributed by atoms with Crippen LogP contribution in [0.4, 0.5) is 0 Å². The normalized spacial score (nSPS) is 38.8. The summed E-state index contributed by atoms with van der Waals surface area (Å²) in [6.45, 7) is 13.2. The number of rotatable bonds is 7. The molecule has 0 aliphatic heterocycles. The fourth-order valence-electron chi connectivity index (χ4n) is 12.4. The van der Waals surface area contributed by atoms with Gasteiger partial charge in [-0.25, -0.2) is 8.93 Å². The van der Waals surface area contributed by atoms with Crippen molar-refractivity contribution in [3.05, 3.63) is 65.2 Å². The molecule has 8 aliphatic rings. The maximum Gasteiger partial charge on any atom is 0.0979 e. The Bertz CT molecular complexity index is 1330. The smallest absolute Gasteiger partial charge is 0.0979 e. The van der Waals surface area contributed by atoms with E-state index < -0.39 is 11.0 Å². The zero-order valence-electron chi connectivity index (χ0n) is 28.9. The van der Waals surface area contributed by atoms with E-state index in [0.717, 1.165) is 35.5 Å². The first-order valence-electron chi connectivity index (χ1n) is 18.5. The van der Waals surface area contributed by atoms with E-state index in [-0.39, 0.29) is 24.1 Å². The molecule has 244 valence electrons. The van der Waals surface area contributed by atoms with Crippen molar-refractivity contribution in [1.29, 1.82) is 0 Å². The third-order valence-electron chi connectivity index (χ3n) is 13.3. The zero-order valence-corrected chi connectivity index (χ0v) is 30.6. The van der Waals surface area contributed by atoms with E-state index in [4.69, 9.17) is 0 Å². The van der Waals surface area contributed by atoms with Crippen LogP contribution in [0.2, 0.25) is 0 Å². The molecule has 10 rings (SSSR count). The van der Waals surface area contributed by atoms with E-state index in [9.17, 15) is 4.21 Å². The largest absolute Gasteiger partial charge is 0.242 e. The number of hydrogen-bond donors (Lipinski definition) is 1. The van der Waals surface area contributed by atoms with Gasteiger partial charge in [0.25, 0.3) is 0 Å². The molecule has 0 unspecified atom stereocenters. The van der Waals surface area contributed by atoms with Crippen LogP contribution in [0.3, 0.4) is 0 Å². The van der Waals surface area contributed by atoms with Gasteiger partial charge in [-0.05, 0) is 171 Å². The van der Waals surface area contributed by atoms with Crippen molar-refractivity contribution in [3.63, 3.8) is 0 Å². The van der Waals surface area contributed by atoms with Crippen molar-refractivity contribution in [2.24, 2.45) is 35.5 Å². The second-order valence-corrected chi connectivity index (χ2v) is 24.0. The van der Waals surface area contributed by atoms with Gasteiger partial charge in [-0.3, -0.25) is 0 Å². The van der Waals surface area contributed by atoms with E-state index in [0.29, 0.717) is 10.3 Å². The highest BCUT2D eigenvalue weighted by Gasteiger charge is 2.63. The standard InChI is InChI=1S/C41H58NOPS/c1-38(2,3)34-13-11-33(12-14-34)37(42-45(43)39(4,5)6)35-9-7-8-10-36(35)44(40-21-27-15-28(22-40)17-29(16-27)23-40)41-24-30-18-31(25-41)20-32(19-30)26-41/h7-14,27-32,37,42H,15-26H2,1-6H3/t27?,28?,29?,30?,31?,32?,37-,40?,41?,44?,45-/m1/s1. The Labute approximate surface area is 278 Å². The van der Waals surface area contributed by atoms with E-state index in [1.807, 2.05) is 0 Å². The molecule has 4 heteroatoms. The first kappa shape index (κ1) is 31.3. The van der Waals surface area contributed by atoms with Crippen LogP contribution in [0.1, 0.15) is 141 Å². The summed E-state index contributed by atoms with van der Waals surface area (Å²) in [7, 11) is -1.54. The quantitative estimate of drug-likeness (QED) is 0.299. The molecule has 0 aromatic heterocycles. The van der Waals surface area contributed by atoms with Gasteiger partial charge in [0, 0.05) is 0 Å². The van der Waals surface area contributed by atoms with Crippen molar-refractivity contribution in [2.75, 3.05) is 0 Å². The topological polar surface area (TPSA) is 29.1 Å². The van der Waals surface area contributed by atoms with E-state index in [1.54, 1.807) is 5.30 Å². The molecule has 0 heterocycles. The lowest BCUT2D eigenvalue weighted by Crippen LogP contribution is -2.58. The minimum absolute atomic E-state index is 0.0666. The minimum Gasteiger partial charge on any atom is -0.242 e. The van der Waals surface area contributed by atoms with Crippen LogP contribution in [0.25, 0.3) is 0 Å². The monoisotopic (exact) mass is 643 g/mol. The molecular weight excluding hydrogens is 585 g/mol. The maximum atomic E-state index is 14.0. The van der Waals surface area contributed by atoms with E-state index >= 15 is 0 Å². The molecule has 8 bridgehead atoms. The highest BCUT2D eigenvalue weighted by molar-refractivity contribution is 7.84. The molecule has 2 aromatic carbocycles. The highest BCUT2D eigenvalue weighted by atomic mass is 32.2. The van der Waals surface area contributed by atoms with Gasteiger partial charge >= 0.3 is 0 Å². The van der Waals surface area contributed by atoms with Crippen LogP contribution >= 0.6 is 7.92 Å².